The maximum Gasteiger partial charge on any atom is 0.308 e. The minimum atomic E-state index is -0.954. The van der Waals surface area contributed by atoms with E-state index in [1.165, 1.54) is 6.92 Å². The summed E-state index contributed by atoms with van der Waals surface area (Å²) in [5.74, 6) is -1.38. The standard InChI is InChI=1S/C11H18N4O3/c1-4-5-8-13-9(15-14-8)10(16)12-7(3)6(2)11(17)18/h6-7H,4-5H2,1-3H3,(H,12,16)(H,17,18)(H,13,14,15). The molecule has 0 aromatic carbocycles. The molecule has 0 aliphatic heterocycles. The number of aliphatic carboxylic acids is 1. The smallest absolute Gasteiger partial charge is 0.308 e. The first-order valence-corrected chi connectivity index (χ1v) is 5.90. The van der Waals surface area contributed by atoms with Gasteiger partial charge < -0.3 is 10.4 Å². The van der Waals surface area contributed by atoms with E-state index < -0.39 is 23.8 Å². The third-order valence-corrected chi connectivity index (χ3v) is 2.72. The van der Waals surface area contributed by atoms with E-state index in [1.54, 1.807) is 6.92 Å². The van der Waals surface area contributed by atoms with Crippen LogP contribution >= 0.6 is 0 Å². The molecule has 0 radical (unpaired) electrons. The predicted molar refractivity (Wildman–Crippen MR) is 64.1 cm³/mol. The van der Waals surface area contributed by atoms with Gasteiger partial charge in [-0.3, -0.25) is 14.7 Å². The number of aromatic nitrogens is 3. The summed E-state index contributed by atoms with van der Waals surface area (Å²) in [5, 5.41) is 17.9. The molecule has 1 rings (SSSR count). The van der Waals surface area contributed by atoms with Crippen LogP contribution in [-0.4, -0.2) is 38.2 Å². The summed E-state index contributed by atoms with van der Waals surface area (Å²) in [5.41, 5.74) is 0. The van der Waals surface area contributed by atoms with Gasteiger partial charge in [-0.25, -0.2) is 4.98 Å². The molecule has 0 fully saturated rings. The van der Waals surface area contributed by atoms with Crippen LogP contribution in [0.4, 0.5) is 0 Å². The molecule has 3 N–H and O–H groups in total. The molecule has 0 aliphatic rings. The van der Waals surface area contributed by atoms with E-state index in [2.05, 4.69) is 20.5 Å². The quantitative estimate of drug-likeness (QED) is 0.688. The SMILES string of the molecule is CCCc1nc(C(=O)NC(C)C(C)C(=O)O)n[nH]1. The van der Waals surface area contributed by atoms with Crippen LogP contribution in [0, 0.1) is 5.92 Å². The number of amides is 1. The van der Waals surface area contributed by atoms with Crippen LogP contribution < -0.4 is 5.32 Å². The highest BCUT2D eigenvalue weighted by molar-refractivity contribution is 5.90. The van der Waals surface area contributed by atoms with Crippen LogP contribution in [0.15, 0.2) is 0 Å². The van der Waals surface area contributed by atoms with Crippen LogP contribution in [0.5, 0.6) is 0 Å². The van der Waals surface area contributed by atoms with Crippen molar-refractivity contribution < 1.29 is 14.7 Å². The minimum Gasteiger partial charge on any atom is -0.481 e. The molecule has 2 atom stereocenters. The monoisotopic (exact) mass is 254 g/mol. The molecule has 1 heterocycles. The number of aromatic amines is 1. The van der Waals surface area contributed by atoms with E-state index >= 15 is 0 Å². The molecule has 7 nitrogen and oxygen atoms in total. The van der Waals surface area contributed by atoms with Crippen molar-refractivity contribution in [2.75, 3.05) is 0 Å². The molecule has 0 spiro atoms. The van der Waals surface area contributed by atoms with E-state index in [0.717, 1.165) is 12.8 Å². The largest absolute Gasteiger partial charge is 0.481 e. The highest BCUT2D eigenvalue weighted by atomic mass is 16.4. The lowest BCUT2D eigenvalue weighted by molar-refractivity contribution is -0.141. The Morgan fingerprint density at radius 1 is 1.44 bits per heavy atom. The average molecular weight is 254 g/mol. The number of hydrogen-bond acceptors (Lipinski definition) is 4. The molecule has 0 aliphatic carbocycles. The van der Waals surface area contributed by atoms with E-state index in [1.807, 2.05) is 6.92 Å². The van der Waals surface area contributed by atoms with Crippen LogP contribution in [0.1, 0.15) is 43.6 Å². The van der Waals surface area contributed by atoms with Gasteiger partial charge in [0.15, 0.2) is 0 Å². The van der Waals surface area contributed by atoms with Crippen molar-refractivity contribution >= 4 is 11.9 Å². The van der Waals surface area contributed by atoms with E-state index in [9.17, 15) is 9.59 Å². The zero-order valence-electron chi connectivity index (χ0n) is 10.7. The molecule has 0 saturated heterocycles. The summed E-state index contributed by atoms with van der Waals surface area (Å²) >= 11 is 0. The van der Waals surface area contributed by atoms with Gasteiger partial charge in [-0.2, -0.15) is 0 Å². The molecule has 1 aromatic heterocycles. The fourth-order valence-corrected chi connectivity index (χ4v) is 1.36. The van der Waals surface area contributed by atoms with Crippen molar-refractivity contribution in [2.45, 2.75) is 39.7 Å². The molecule has 0 bridgehead atoms. The van der Waals surface area contributed by atoms with Gasteiger partial charge in [0.1, 0.15) is 5.82 Å². The Labute approximate surface area is 105 Å². The van der Waals surface area contributed by atoms with Gasteiger partial charge in [-0.1, -0.05) is 6.92 Å². The van der Waals surface area contributed by atoms with Crippen LogP contribution in [0.2, 0.25) is 0 Å². The second-order valence-electron chi connectivity index (χ2n) is 4.24. The molecular weight excluding hydrogens is 236 g/mol. The first-order chi connectivity index (χ1) is 8.45. The third kappa shape index (κ3) is 3.54. The van der Waals surface area contributed by atoms with Crippen LogP contribution in [0.3, 0.4) is 0 Å². The topological polar surface area (TPSA) is 108 Å². The van der Waals surface area contributed by atoms with E-state index in [0.29, 0.717) is 5.82 Å². The molecular formula is C11H18N4O3. The van der Waals surface area contributed by atoms with Gasteiger partial charge in [0.2, 0.25) is 5.82 Å². The number of aryl methyl sites for hydroxylation is 1. The minimum absolute atomic E-state index is 0.0443. The highest BCUT2D eigenvalue weighted by Crippen LogP contribution is 2.04. The lowest BCUT2D eigenvalue weighted by Gasteiger charge is -2.16. The third-order valence-electron chi connectivity index (χ3n) is 2.72. The van der Waals surface area contributed by atoms with Gasteiger partial charge >= 0.3 is 5.97 Å². The molecule has 100 valence electrons. The lowest BCUT2D eigenvalue weighted by Crippen LogP contribution is -2.40. The number of carboxylic acids is 1. The van der Waals surface area contributed by atoms with Gasteiger partial charge in [0, 0.05) is 12.5 Å². The number of H-pyrrole nitrogens is 1. The Balaban J connectivity index is 2.61. The normalized spacial score (nSPS) is 13.9. The molecule has 1 aromatic rings. The van der Waals surface area contributed by atoms with E-state index in [4.69, 9.17) is 5.11 Å². The van der Waals surface area contributed by atoms with Crippen molar-refractivity contribution in [3.63, 3.8) is 0 Å². The highest BCUT2D eigenvalue weighted by Gasteiger charge is 2.23. The molecule has 18 heavy (non-hydrogen) atoms. The zero-order valence-corrected chi connectivity index (χ0v) is 10.7. The van der Waals surface area contributed by atoms with E-state index in [-0.39, 0.29) is 5.82 Å². The van der Waals surface area contributed by atoms with Gasteiger partial charge in [0.25, 0.3) is 5.91 Å². The summed E-state index contributed by atoms with van der Waals surface area (Å²) in [6, 6.07) is -0.483. The van der Waals surface area contributed by atoms with Gasteiger partial charge in [-0.05, 0) is 20.3 Å². The number of carbonyl (C=O) groups excluding carboxylic acids is 1. The van der Waals surface area contributed by atoms with Crippen LogP contribution in [-0.2, 0) is 11.2 Å². The maximum absolute atomic E-state index is 11.8. The number of carbonyl (C=O) groups is 2. The number of hydrogen-bond donors (Lipinski definition) is 3. The summed E-state index contributed by atoms with van der Waals surface area (Å²) < 4.78 is 0. The fourth-order valence-electron chi connectivity index (χ4n) is 1.36. The summed E-state index contributed by atoms with van der Waals surface area (Å²) in [6.45, 7) is 5.17. The number of carboxylic acid groups (broad SMARTS) is 1. The summed E-state index contributed by atoms with van der Waals surface area (Å²) in [6.07, 6.45) is 1.63. The van der Waals surface area contributed by atoms with Crippen molar-refractivity contribution in [1.29, 1.82) is 0 Å². The molecule has 1 amide bonds. The number of nitrogens with one attached hydrogen (secondary N) is 2. The zero-order chi connectivity index (χ0) is 13.7. The maximum atomic E-state index is 11.8. The Bertz CT molecular complexity index is 430. The molecule has 0 saturated carbocycles. The Morgan fingerprint density at radius 2 is 2.11 bits per heavy atom. The fraction of sp³-hybridized carbons (Fsp3) is 0.636. The van der Waals surface area contributed by atoms with Gasteiger partial charge in [-0.15, -0.1) is 5.10 Å². The lowest BCUT2D eigenvalue weighted by atomic mass is 10.0. The molecule has 7 heteroatoms. The Hall–Kier alpha value is -1.92. The predicted octanol–water partition coefficient (Wildman–Crippen LogP) is 0.596. The first kappa shape index (κ1) is 14.1. The first-order valence-electron chi connectivity index (χ1n) is 5.90. The summed E-state index contributed by atoms with van der Waals surface area (Å²) in [7, 11) is 0. The van der Waals surface area contributed by atoms with Crippen molar-refractivity contribution in [2.24, 2.45) is 5.92 Å². The Morgan fingerprint density at radius 3 is 2.67 bits per heavy atom. The van der Waals surface area contributed by atoms with Crippen LogP contribution in [0.25, 0.3) is 0 Å². The second-order valence-corrected chi connectivity index (χ2v) is 4.24. The number of nitrogens with zero attached hydrogens (tertiary/aromatic N) is 2. The van der Waals surface area contributed by atoms with Crippen molar-refractivity contribution in [3.05, 3.63) is 11.6 Å². The molecule has 2 unspecified atom stereocenters. The second kappa shape index (κ2) is 6.13. The van der Waals surface area contributed by atoms with Gasteiger partial charge in [0.05, 0.1) is 5.92 Å². The van der Waals surface area contributed by atoms with Crippen molar-refractivity contribution in [1.82, 2.24) is 20.5 Å². The Kier molecular flexibility index (Phi) is 4.82. The summed E-state index contributed by atoms with van der Waals surface area (Å²) in [4.78, 5) is 26.5. The van der Waals surface area contributed by atoms with Crippen molar-refractivity contribution in [3.8, 4) is 0 Å². The number of rotatable bonds is 6. The average Bonchev–Trinajstić information content (AvgIpc) is 2.77.